The third-order valence-electron chi connectivity index (χ3n) is 3.62. The maximum Gasteiger partial charge on any atom is 0.234 e. The van der Waals surface area contributed by atoms with Crippen molar-refractivity contribution in [3.63, 3.8) is 0 Å². The number of nitrogens with zero attached hydrogens (tertiary/aromatic N) is 1. The van der Waals surface area contributed by atoms with Gasteiger partial charge in [-0.15, -0.1) is 0 Å². The fourth-order valence-corrected chi connectivity index (χ4v) is 2.82. The van der Waals surface area contributed by atoms with Crippen molar-refractivity contribution in [1.82, 2.24) is 10.2 Å². The Bertz CT molecular complexity index is 455. The summed E-state index contributed by atoms with van der Waals surface area (Å²) in [6.07, 6.45) is 4.50. The Hall–Kier alpha value is -1.13. The van der Waals surface area contributed by atoms with Gasteiger partial charge in [0.25, 0.3) is 0 Å². The van der Waals surface area contributed by atoms with Gasteiger partial charge in [-0.25, -0.2) is 4.39 Å². The molecule has 0 spiro atoms. The molecule has 1 N–H and O–H groups in total. The first-order valence-electron chi connectivity index (χ1n) is 6.97. The summed E-state index contributed by atoms with van der Waals surface area (Å²) in [5.41, 5.74) is 0.435. The molecule has 2 rings (SSSR count). The Kier molecular flexibility index (Phi) is 5.38. The van der Waals surface area contributed by atoms with Crippen LogP contribution >= 0.6 is 11.6 Å². The second-order valence-corrected chi connectivity index (χ2v) is 5.83. The van der Waals surface area contributed by atoms with Gasteiger partial charge in [-0.3, -0.25) is 9.69 Å². The zero-order valence-electron chi connectivity index (χ0n) is 11.7. The summed E-state index contributed by atoms with van der Waals surface area (Å²) < 4.78 is 13.7. The first-order chi connectivity index (χ1) is 9.56. The van der Waals surface area contributed by atoms with E-state index in [0.717, 1.165) is 12.8 Å². The van der Waals surface area contributed by atoms with Crippen LogP contribution in [0, 0.1) is 5.82 Å². The Morgan fingerprint density at radius 3 is 2.80 bits per heavy atom. The molecular formula is C15H20ClFN2O. The lowest BCUT2D eigenvalue weighted by Crippen LogP contribution is -2.39. The first kappa shape index (κ1) is 15.3. The van der Waals surface area contributed by atoms with Crippen LogP contribution < -0.4 is 5.32 Å². The highest BCUT2D eigenvalue weighted by atomic mass is 35.5. The molecule has 3 nitrogen and oxygen atoms in total. The van der Waals surface area contributed by atoms with E-state index in [1.165, 1.54) is 18.9 Å². The predicted octanol–water partition coefficient (Wildman–Crippen LogP) is 2.97. The van der Waals surface area contributed by atoms with Crippen molar-refractivity contribution in [3.05, 3.63) is 34.6 Å². The zero-order chi connectivity index (χ0) is 14.5. The molecule has 1 aliphatic carbocycles. The maximum atomic E-state index is 13.7. The smallest absolute Gasteiger partial charge is 0.234 e. The van der Waals surface area contributed by atoms with Crippen LogP contribution in [-0.4, -0.2) is 30.4 Å². The molecule has 1 aromatic carbocycles. The number of rotatable bonds is 5. The maximum absolute atomic E-state index is 13.7. The summed E-state index contributed by atoms with van der Waals surface area (Å²) in [7, 11) is 1.79. The number of hydrogen-bond acceptors (Lipinski definition) is 2. The third kappa shape index (κ3) is 4.18. The van der Waals surface area contributed by atoms with Gasteiger partial charge in [-0.2, -0.15) is 0 Å². The number of likely N-dealkylation sites (N-methyl/N-ethyl adjacent to an activating group) is 1. The van der Waals surface area contributed by atoms with Gasteiger partial charge in [0, 0.05) is 23.2 Å². The van der Waals surface area contributed by atoms with Gasteiger partial charge in [0.1, 0.15) is 5.82 Å². The SMILES string of the molecule is CN(CC(=O)NC1CCCC1)Cc1c(F)cccc1Cl. The fraction of sp³-hybridized carbons (Fsp3) is 0.533. The molecule has 1 fully saturated rings. The standard InChI is InChI=1S/C15H20ClFN2O/c1-19(9-12-13(16)7-4-8-14(12)17)10-15(20)18-11-5-2-3-6-11/h4,7-8,11H,2-3,5-6,9-10H2,1H3,(H,18,20). The van der Waals surface area contributed by atoms with Crippen LogP contribution in [0.5, 0.6) is 0 Å². The Balaban J connectivity index is 1.85. The van der Waals surface area contributed by atoms with E-state index in [9.17, 15) is 9.18 Å². The topological polar surface area (TPSA) is 32.3 Å². The molecule has 0 saturated heterocycles. The summed E-state index contributed by atoms with van der Waals surface area (Å²) in [5, 5.41) is 3.41. The van der Waals surface area contributed by atoms with Crippen molar-refractivity contribution < 1.29 is 9.18 Å². The molecule has 1 aliphatic rings. The minimum absolute atomic E-state index is 0.00754. The molecule has 0 bridgehead atoms. The van der Waals surface area contributed by atoms with Crippen LogP contribution in [-0.2, 0) is 11.3 Å². The van der Waals surface area contributed by atoms with Gasteiger partial charge in [0.05, 0.1) is 6.54 Å². The van der Waals surface area contributed by atoms with E-state index in [4.69, 9.17) is 11.6 Å². The van der Waals surface area contributed by atoms with Crippen molar-refractivity contribution in [2.45, 2.75) is 38.3 Å². The largest absolute Gasteiger partial charge is 0.352 e. The molecule has 0 heterocycles. The van der Waals surface area contributed by atoms with E-state index in [2.05, 4.69) is 5.32 Å². The molecule has 0 radical (unpaired) electrons. The minimum Gasteiger partial charge on any atom is -0.352 e. The van der Waals surface area contributed by atoms with Crippen LogP contribution in [0.4, 0.5) is 4.39 Å². The zero-order valence-corrected chi connectivity index (χ0v) is 12.4. The van der Waals surface area contributed by atoms with Crippen LogP contribution in [0.1, 0.15) is 31.2 Å². The summed E-state index contributed by atoms with van der Waals surface area (Å²) in [6.45, 7) is 0.574. The fourth-order valence-electron chi connectivity index (χ4n) is 2.60. The summed E-state index contributed by atoms with van der Waals surface area (Å²) >= 11 is 5.98. The van der Waals surface area contributed by atoms with E-state index in [0.29, 0.717) is 23.2 Å². The molecule has 110 valence electrons. The highest BCUT2D eigenvalue weighted by molar-refractivity contribution is 6.31. The van der Waals surface area contributed by atoms with E-state index in [1.54, 1.807) is 24.1 Å². The average molecular weight is 299 g/mol. The Morgan fingerprint density at radius 1 is 1.45 bits per heavy atom. The number of carbonyl (C=O) groups excluding carboxylic acids is 1. The Labute approximate surface area is 124 Å². The predicted molar refractivity (Wildman–Crippen MR) is 78.1 cm³/mol. The number of carbonyl (C=O) groups is 1. The van der Waals surface area contributed by atoms with E-state index in [1.807, 2.05) is 0 Å². The van der Waals surface area contributed by atoms with Crippen LogP contribution in [0.15, 0.2) is 18.2 Å². The monoisotopic (exact) mass is 298 g/mol. The van der Waals surface area contributed by atoms with Crippen LogP contribution in [0.25, 0.3) is 0 Å². The second-order valence-electron chi connectivity index (χ2n) is 5.42. The molecule has 1 amide bonds. The lowest BCUT2D eigenvalue weighted by atomic mass is 10.2. The van der Waals surface area contributed by atoms with E-state index >= 15 is 0 Å². The van der Waals surface area contributed by atoms with Crippen molar-refractivity contribution >= 4 is 17.5 Å². The van der Waals surface area contributed by atoms with E-state index in [-0.39, 0.29) is 18.3 Å². The lowest BCUT2D eigenvalue weighted by molar-refractivity contribution is -0.122. The van der Waals surface area contributed by atoms with Crippen molar-refractivity contribution in [1.29, 1.82) is 0 Å². The summed E-state index contributed by atoms with van der Waals surface area (Å²) in [6, 6.07) is 4.93. The van der Waals surface area contributed by atoms with Gasteiger partial charge in [0.15, 0.2) is 0 Å². The minimum atomic E-state index is -0.333. The highest BCUT2D eigenvalue weighted by Crippen LogP contribution is 2.20. The molecule has 0 atom stereocenters. The second kappa shape index (κ2) is 7.04. The van der Waals surface area contributed by atoms with Gasteiger partial charge in [-0.1, -0.05) is 30.5 Å². The van der Waals surface area contributed by atoms with Crippen LogP contribution in [0.2, 0.25) is 5.02 Å². The molecule has 1 saturated carbocycles. The van der Waals surface area contributed by atoms with Gasteiger partial charge in [-0.05, 0) is 32.0 Å². The molecule has 20 heavy (non-hydrogen) atoms. The normalized spacial score (nSPS) is 15.8. The highest BCUT2D eigenvalue weighted by Gasteiger charge is 2.18. The third-order valence-corrected chi connectivity index (χ3v) is 3.98. The van der Waals surface area contributed by atoms with Gasteiger partial charge in [0.2, 0.25) is 5.91 Å². The van der Waals surface area contributed by atoms with Gasteiger partial charge < -0.3 is 5.32 Å². The molecule has 0 unspecified atom stereocenters. The van der Waals surface area contributed by atoms with Crippen LogP contribution in [0.3, 0.4) is 0 Å². The van der Waals surface area contributed by atoms with Gasteiger partial charge >= 0.3 is 0 Å². The number of hydrogen-bond donors (Lipinski definition) is 1. The first-order valence-corrected chi connectivity index (χ1v) is 7.35. The van der Waals surface area contributed by atoms with E-state index < -0.39 is 0 Å². The summed E-state index contributed by atoms with van der Waals surface area (Å²) in [5.74, 6) is -0.340. The number of benzene rings is 1. The van der Waals surface area contributed by atoms with Crippen molar-refractivity contribution in [2.75, 3.05) is 13.6 Å². The number of amides is 1. The van der Waals surface area contributed by atoms with Crippen molar-refractivity contribution in [2.24, 2.45) is 0 Å². The number of nitrogens with one attached hydrogen (secondary N) is 1. The number of halogens is 2. The lowest BCUT2D eigenvalue weighted by Gasteiger charge is -2.19. The Morgan fingerprint density at radius 2 is 2.15 bits per heavy atom. The molecule has 1 aromatic rings. The molecule has 0 aromatic heterocycles. The summed E-state index contributed by atoms with van der Waals surface area (Å²) in [4.78, 5) is 13.7. The van der Waals surface area contributed by atoms with Crippen molar-refractivity contribution in [3.8, 4) is 0 Å². The molecule has 0 aliphatic heterocycles. The quantitative estimate of drug-likeness (QED) is 0.906. The molecule has 5 heteroatoms. The molecular weight excluding hydrogens is 279 g/mol. The average Bonchev–Trinajstić information content (AvgIpc) is 2.86.